The first-order valence-electron chi connectivity index (χ1n) is 8.45. The molecule has 1 fully saturated rings. The Hall–Kier alpha value is -1.93. The average Bonchev–Trinajstić information content (AvgIpc) is 2.83. The molecule has 0 radical (unpaired) electrons. The largest absolute Gasteiger partial charge is 0.481 e. The van der Waals surface area contributed by atoms with E-state index in [1.54, 1.807) is 13.8 Å². The molecule has 0 aliphatic carbocycles. The molecule has 7 nitrogen and oxygen atoms in total. The number of carboxylic acid groups (broad SMARTS) is 1. The second-order valence-corrected chi connectivity index (χ2v) is 7.14. The van der Waals surface area contributed by atoms with Crippen molar-refractivity contribution in [3.8, 4) is 0 Å². The SMILES string of the molecule is CCOC(=O)c1c(NC(=O)CN2CCCCC2)sc(CC(=O)O)c1C. The predicted molar refractivity (Wildman–Crippen MR) is 95.3 cm³/mol. The number of ether oxygens (including phenoxy) is 1. The maximum Gasteiger partial charge on any atom is 0.341 e. The van der Waals surface area contributed by atoms with Crippen LogP contribution in [0, 0.1) is 6.92 Å². The van der Waals surface area contributed by atoms with Crippen LogP contribution in [-0.2, 0) is 20.7 Å². The molecule has 2 N–H and O–H groups in total. The number of esters is 1. The molecular weight excluding hydrogens is 344 g/mol. The van der Waals surface area contributed by atoms with Crippen LogP contribution in [0.4, 0.5) is 5.00 Å². The van der Waals surface area contributed by atoms with Gasteiger partial charge in [0.2, 0.25) is 5.91 Å². The van der Waals surface area contributed by atoms with Gasteiger partial charge in [-0.05, 0) is 45.3 Å². The summed E-state index contributed by atoms with van der Waals surface area (Å²) in [6, 6.07) is 0. The van der Waals surface area contributed by atoms with Crippen molar-refractivity contribution >= 4 is 34.2 Å². The van der Waals surface area contributed by atoms with Gasteiger partial charge in [0, 0.05) is 4.88 Å². The van der Waals surface area contributed by atoms with Crippen LogP contribution < -0.4 is 5.32 Å². The molecule has 2 heterocycles. The number of nitrogens with zero attached hydrogens (tertiary/aromatic N) is 1. The quantitative estimate of drug-likeness (QED) is 0.717. The van der Waals surface area contributed by atoms with Crippen LogP contribution in [0.15, 0.2) is 0 Å². The predicted octanol–water partition coefficient (Wildman–Crippen LogP) is 2.28. The second kappa shape index (κ2) is 8.96. The number of hydrogen-bond acceptors (Lipinski definition) is 6. The van der Waals surface area contributed by atoms with Gasteiger partial charge < -0.3 is 15.2 Å². The van der Waals surface area contributed by atoms with E-state index in [4.69, 9.17) is 9.84 Å². The highest BCUT2D eigenvalue weighted by atomic mass is 32.1. The van der Waals surface area contributed by atoms with Gasteiger partial charge in [-0.15, -0.1) is 11.3 Å². The van der Waals surface area contributed by atoms with Crippen LogP contribution in [0.3, 0.4) is 0 Å². The fourth-order valence-electron chi connectivity index (χ4n) is 2.89. The number of thiophene rings is 1. The van der Waals surface area contributed by atoms with Crippen molar-refractivity contribution in [3.63, 3.8) is 0 Å². The van der Waals surface area contributed by atoms with Crippen molar-refractivity contribution in [1.29, 1.82) is 0 Å². The zero-order valence-electron chi connectivity index (χ0n) is 14.6. The highest BCUT2D eigenvalue weighted by molar-refractivity contribution is 7.17. The lowest BCUT2D eigenvalue weighted by Gasteiger charge is -2.25. The first-order chi connectivity index (χ1) is 11.9. The lowest BCUT2D eigenvalue weighted by molar-refractivity contribution is -0.136. The molecule has 0 aromatic carbocycles. The average molecular weight is 368 g/mol. The molecule has 1 amide bonds. The number of carbonyl (C=O) groups is 3. The summed E-state index contributed by atoms with van der Waals surface area (Å²) in [5.74, 6) is -1.72. The fraction of sp³-hybridized carbons (Fsp3) is 0.588. The van der Waals surface area contributed by atoms with Gasteiger partial charge in [-0.3, -0.25) is 14.5 Å². The number of carbonyl (C=O) groups excluding carboxylic acids is 2. The molecule has 0 saturated carbocycles. The fourth-order valence-corrected chi connectivity index (χ4v) is 4.09. The van der Waals surface area contributed by atoms with Crippen LogP contribution in [0.1, 0.15) is 47.0 Å². The Morgan fingerprint density at radius 2 is 1.92 bits per heavy atom. The molecule has 0 atom stereocenters. The van der Waals surface area contributed by atoms with Gasteiger partial charge in [0.25, 0.3) is 0 Å². The standard InChI is InChI=1S/C17H24N2O5S/c1-3-24-17(23)15-11(2)12(9-14(21)22)25-16(15)18-13(20)10-19-7-5-4-6-8-19/h3-10H2,1-2H3,(H,18,20)(H,21,22). The second-order valence-electron chi connectivity index (χ2n) is 6.03. The number of carboxylic acids is 1. The van der Waals surface area contributed by atoms with E-state index in [1.807, 2.05) is 0 Å². The topological polar surface area (TPSA) is 95.9 Å². The maximum absolute atomic E-state index is 12.3. The molecule has 138 valence electrons. The van der Waals surface area contributed by atoms with E-state index in [0.29, 0.717) is 15.4 Å². The van der Waals surface area contributed by atoms with E-state index in [-0.39, 0.29) is 31.0 Å². The summed E-state index contributed by atoms with van der Waals surface area (Å²) in [7, 11) is 0. The van der Waals surface area contributed by atoms with Crippen molar-refractivity contribution in [3.05, 3.63) is 16.0 Å². The third-order valence-corrected chi connectivity index (χ3v) is 5.31. The van der Waals surface area contributed by atoms with E-state index < -0.39 is 11.9 Å². The van der Waals surface area contributed by atoms with E-state index in [1.165, 1.54) is 6.42 Å². The van der Waals surface area contributed by atoms with E-state index in [2.05, 4.69) is 10.2 Å². The van der Waals surface area contributed by atoms with Crippen molar-refractivity contribution < 1.29 is 24.2 Å². The van der Waals surface area contributed by atoms with E-state index in [9.17, 15) is 14.4 Å². The van der Waals surface area contributed by atoms with Gasteiger partial charge in [0.1, 0.15) is 5.00 Å². The first kappa shape index (κ1) is 19.4. The lowest BCUT2D eigenvalue weighted by atomic mass is 10.1. The number of aliphatic carboxylic acids is 1. The molecular formula is C17H24N2O5S. The van der Waals surface area contributed by atoms with E-state index in [0.717, 1.165) is 37.3 Å². The number of rotatable bonds is 7. The number of piperidine rings is 1. The van der Waals surface area contributed by atoms with Crippen molar-refractivity contribution in [2.45, 2.75) is 39.5 Å². The van der Waals surface area contributed by atoms with Crippen LogP contribution >= 0.6 is 11.3 Å². The van der Waals surface area contributed by atoms with Crippen molar-refractivity contribution in [2.24, 2.45) is 0 Å². The molecule has 1 saturated heterocycles. The molecule has 25 heavy (non-hydrogen) atoms. The molecule has 1 aromatic heterocycles. The zero-order valence-corrected chi connectivity index (χ0v) is 15.4. The normalized spacial score (nSPS) is 15.0. The van der Waals surface area contributed by atoms with Gasteiger partial charge in [-0.1, -0.05) is 6.42 Å². The van der Waals surface area contributed by atoms with Crippen LogP contribution in [-0.4, -0.2) is 54.1 Å². The minimum Gasteiger partial charge on any atom is -0.481 e. The molecule has 0 bridgehead atoms. The smallest absolute Gasteiger partial charge is 0.341 e. The number of anilines is 1. The number of hydrogen-bond donors (Lipinski definition) is 2. The number of likely N-dealkylation sites (tertiary alicyclic amines) is 1. The van der Waals surface area contributed by atoms with Crippen molar-refractivity contribution in [1.82, 2.24) is 4.90 Å². The Morgan fingerprint density at radius 1 is 1.24 bits per heavy atom. The molecule has 1 aromatic rings. The monoisotopic (exact) mass is 368 g/mol. The molecule has 1 aliphatic rings. The number of nitrogens with one attached hydrogen (secondary N) is 1. The van der Waals surface area contributed by atoms with Gasteiger partial charge in [-0.2, -0.15) is 0 Å². The molecule has 8 heteroatoms. The van der Waals surface area contributed by atoms with Gasteiger partial charge in [0.05, 0.1) is 25.1 Å². The highest BCUT2D eigenvalue weighted by Crippen LogP contribution is 2.34. The van der Waals surface area contributed by atoms with Gasteiger partial charge in [-0.25, -0.2) is 4.79 Å². The van der Waals surface area contributed by atoms with Crippen LogP contribution in [0.25, 0.3) is 0 Å². The number of amides is 1. The first-order valence-corrected chi connectivity index (χ1v) is 9.27. The summed E-state index contributed by atoms with van der Waals surface area (Å²) in [5, 5.41) is 12.2. The lowest BCUT2D eigenvalue weighted by Crippen LogP contribution is -2.36. The Morgan fingerprint density at radius 3 is 2.52 bits per heavy atom. The van der Waals surface area contributed by atoms with Crippen LogP contribution in [0.2, 0.25) is 0 Å². The molecule has 1 aliphatic heterocycles. The Balaban J connectivity index is 2.17. The molecule has 0 unspecified atom stereocenters. The summed E-state index contributed by atoms with van der Waals surface area (Å²) < 4.78 is 5.06. The molecule has 2 rings (SSSR count). The Kier molecular flexibility index (Phi) is 6.95. The van der Waals surface area contributed by atoms with E-state index >= 15 is 0 Å². The highest BCUT2D eigenvalue weighted by Gasteiger charge is 2.25. The Bertz CT molecular complexity index is 650. The minimum absolute atomic E-state index is 0.190. The summed E-state index contributed by atoms with van der Waals surface area (Å²) in [5.41, 5.74) is 0.814. The third-order valence-electron chi connectivity index (χ3n) is 4.11. The zero-order chi connectivity index (χ0) is 18.4. The summed E-state index contributed by atoms with van der Waals surface area (Å²) in [4.78, 5) is 38.2. The Labute approximate surface area is 151 Å². The van der Waals surface area contributed by atoms with Gasteiger partial charge in [0.15, 0.2) is 0 Å². The minimum atomic E-state index is -0.981. The van der Waals surface area contributed by atoms with Crippen LogP contribution in [0.5, 0.6) is 0 Å². The maximum atomic E-state index is 12.3. The van der Waals surface area contributed by atoms with Gasteiger partial charge >= 0.3 is 11.9 Å². The summed E-state index contributed by atoms with van der Waals surface area (Å²) in [6.07, 6.45) is 3.17. The molecule has 0 spiro atoms. The third kappa shape index (κ3) is 5.27. The van der Waals surface area contributed by atoms with Crippen molar-refractivity contribution in [2.75, 3.05) is 31.6 Å². The summed E-state index contributed by atoms with van der Waals surface area (Å²) >= 11 is 1.13. The summed E-state index contributed by atoms with van der Waals surface area (Å²) in [6.45, 7) is 5.66.